The number of rotatable bonds is 10. The third kappa shape index (κ3) is 16.4. The molecule has 0 fully saturated rings. The van der Waals surface area contributed by atoms with E-state index in [2.05, 4.69) is 31.6 Å². The highest BCUT2D eigenvalue weighted by atomic mass is 32.3. The normalized spacial score (nSPS) is 11.9. The monoisotopic (exact) mass is 329 g/mol. The summed E-state index contributed by atoms with van der Waals surface area (Å²) in [5.74, 6) is 0. The molecule has 0 aliphatic carbocycles. The van der Waals surface area contributed by atoms with Crippen molar-refractivity contribution in [3.63, 3.8) is 0 Å². The second kappa shape index (κ2) is 13.0. The fraction of sp³-hybridized carbons (Fsp3) is 1.00. The number of unbranched alkanes of at least 4 members (excludes halogenated alkanes) is 3. The van der Waals surface area contributed by atoms with Crippen LogP contribution in [-0.2, 0) is 14.6 Å². The molecule has 0 saturated heterocycles. The smallest absolute Gasteiger partial charge is 0.264 e. The molecular weight excluding hydrogens is 295 g/mol. The molecule has 20 heavy (non-hydrogen) atoms. The Morgan fingerprint density at radius 1 is 0.900 bits per heavy atom. The molecule has 0 aromatic rings. The summed E-state index contributed by atoms with van der Waals surface area (Å²) in [6.45, 7) is 9.59. The van der Waals surface area contributed by atoms with Crippen LogP contribution in [0.15, 0.2) is 0 Å². The second-order valence-electron chi connectivity index (χ2n) is 5.45. The molecule has 0 bridgehead atoms. The molecule has 0 amide bonds. The summed E-state index contributed by atoms with van der Waals surface area (Å²) < 4.78 is 29.7. The van der Waals surface area contributed by atoms with Gasteiger partial charge in [-0.2, -0.15) is 8.42 Å². The average Bonchev–Trinajstić information content (AvgIpc) is 2.41. The van der Waals surface area contributed by atoms with Gasteiger partial charge in [0.05, 0.1) is 25.6 Å². The lowest BCUT2D eigenvalue weighted by molar-refractivity contribution is 0.324. The second-order valence-corrected chi connectivity index (χ2v) is 11.2. The van der Waals surface area contributed by atoms with Crippen molar-refractivity contribution in [2.45, 2.75) is 59.3 Å². The van der Waals surface area contributed by atoms with E-state index in [-0.39, 0.29) is 0 Å². The number of hydrogen-bond donors (Lipinski definition) is 1. The molecule has 0 unspecified atom stereocenters. The predicted molar refractivity (Wildman–Crippen MR) is 90.7 cm³/mol. The predicted octanol–water partition coefficient (Wildman–Crippen LogP) is 4.47. The van der Waals surface area contributed by atoms with Gasteiger partial charge in [0.1, 0.15) is 0 Å². The van der Waals surface area contributed by atoms with Crippen molar-refractivity contribution in [1.29, 1.82) is 0 Å². The third-order valence-corrected chi connectivity index (χ3v) is 7.97. The van der Waals surface area contributed by atoms with Crippen molar-refractivity contribution in [2.24, 2.45) is 0 Å². The minimum atomic E-state index is -4.16. The Kier molecular flexibility index (Phi) is 14.7. The topological polar surface area (TPSA) is 63.6 Å². The van der Waals surface area contributed by atoms with E-state index >= 15 is 0 Å². The minimum absolute atomic E-state index is 0.519. The first kappa shape index (κ1) is 22.6. The molecule has 0 aromatic carbocycles. The van der Waals surface area contributed by atoms with Crippen LogP contribution in [-0.4, -0.2) is 45.2 Å². The first-order valence-electron chi connectivity index (χ1n) is 7.61. The van der Waals surface area contributed by atoms with Crippen molar-refractivity contribution >= 4 is 17.7 Å². The number of hydrogen-bond acceptors (Lipinski definition) is 3. The van der Waals surface area contributed by atoms with Gasteiger partial charge in [-0.25, -0.2) is 0 Å². The minimum Gasteiger partial charge on any atom is -0.264 e. The Balaban J connectivity index is 0. The average molecular weight is 329 g/mol. The molecular formula is C14H34O4PS+. The molecule has 0 aliphatic rings. The van der Waals surface area contributed by atoms with Crippen molar-refractivity contribution in [3.05, 3.63) is 0 Å². The van der Waals surface area contributed by atoms with Gasteiger partial charge in [0.15, 0.2) is 0 Å². The lowest BCUT2D eigenvalue weighted by Crippen LogP contribution is -2.07. The van der Waals surface area contributed by atoms with Crippen molar-refractivity contribution < 1.29 is 17.2 Å². The highest BCUT2D eigenvalue weighted by molar-refractivity contribution is 7.80. The van der Waals surface area contributed by atoms with Crippen LogP contribution in [0.1, 0.15) is 59.3 Å². The lowest BCUT2D eigenvalue weighted by Gasteiger charge is -2.22. The Morgan fingerprint density at radius 2 is 1.15 bits per heavy atom. The van der Waals surface area contributed by atoms with Crippen LogP contribution in [0.4, 0.5) is 0 Å². The summed E-state index contributed by atoms with van der Waals surface area (Å²) in [5.41, 5.74) is 0. The van der Waals surface area contributed by atoms with Crippen LogP contribution in [0, 0.1) is 0 Å². The van der Waals surface area contributed by atoms with Gasteiger partial charge >= 0.3 is 10.4 Å². The van der Waals surface area contributed by atoms with Gasteiger partial charge in [-0.05, 0) is 19.3 Å². The van der Waals surface area contributed by atoms with Gasteiger partial charge in [0.2, 0.25) is 0 Å². The molecule has 0 aromatic heterocycles. The molecule has 6 heteroatoms. The van der Waals surface area contributed by atoms with Crippen LogP contribution in [0.5, 0.6) is 0 Å². The molecule has 124 valence electrons. The lowest BCUT2D eigenvalue weighted by atomic mass is 10.4. The molecule has 0 atom stereocenters. The van der Waals surface area contributed by atoms with E-state index in [0.29, 0.717) is 0 Å². The maximum atomic E-state index is 9.33. The van der Waals surface area contributed by atoms with E-state index in [1.165, 1.54) is 38.5 Å². The maximum absolute atomic E-state index is 9.33. The van der Waals surface area contributed by atoms with Crippen molar-refractivity contribution in [2.75, 3.05) is 32.3 Å². The molecule has 1 N–H and O–H groups in total. The highest BCUT2D eigenvalue weighted by Crippen LogP contribution is 2.57. The summed E-state index contributed by atoms with van der Waals surface area (Å²) in [6, 6.07) is 0. The summed E-state index contributed by atoms with van der Waals surface area (Å²) in [5, 5.41) is 0. The fourth-order valence-electron chi connectivity index (χ4n) is 1.95. The van der Waals surface area contributed by atoms with Crippen molar-refractivity contribution in [3.8, 4) is 0 Å². The molecule has 0 radical (unpaired) electrons. The summed E-state index contributed by atoms with van der Waals surface area (Å²) in [4.78, 5) is 0. The maximum Gasteiger partial charge on any atom is 0.397 e. The van der Waals surface area contributed by atoms with Crippen LogP contribution < -0.4 is 0 Å². The van der Waals surface area contributed by atoms with Gasteiger partial charge < -0.3 is 0 Å². The van der Waals surface area contributed by atoms with Gasteiger partial charge in [0, 0.05) is 13.9 Å². The fourth-order valence-corrected chi connectivity index (χ4v) is 5.86. The molecule has 0 saturated carbocycles. The summed E-state index contributed by atoms with van der Waals surface area (Å²) >= 11 is 0. The van der Waals surface area contributed by atoms with Crippen LogP contribution >= 0.6 is 7.26 Å². The Bertz CT molecular complexity index is 283. The van der Waals surface area contributed by atoms with Gasteiger partial charge in [0.25, 0.3) is 0 Å². The first-order chi connectivity index (χ1) is 9.24. The Hall–Kier alpha value is 0.300. The molecule has 0 spiro atoms. The molecule has 0 rings (SSSR count). The summed E-state index contributed by atoms with van der Waals surface area (Å²) in [6.07, 6.45) is 13.2. The Labute approximate surface area is 127 Å². The molecule has 0 heterocycles. The SMILES string of the molecule is CCCC[P+](C)(CCCC)CCCC.COS(=O)(=O)O. The zero-order valence-electron chi connectivity index (χ0n) is 13.9. The standard InChI is InChI=1S/C13H30P.CH4O4S/c1-5-8-11-14(4,12-9-6-2)13-10-7-3;1-5-6(2,3)4/h5-13H2,1-4H3;1H3,(H,2,3,4)/q+1;. The van der Waals surface area contributed by atoms with E-state index < -0.39 is 17.7 Å². The van der Waals surface area contributed by atoms with Crippen molar-refractivity contribution in [1.82, 2.24) is 0 Å². The van der Waals surface area contributed by atoms with Gasteiger partial charge in [-0.1, -0.05) is 40.0 Å². The first-order valence-corrected chi connectivity index (χ1v) is 11.8. The van der Waals surface area contributed by atoms with E-state index in [0.717, 1.165) is 7.11 Å². The molecule has 0 aliphatic heterocycles. The van der Waals surface area contributed by atoms with E-state index in [4.69, 9.17) is 4.55 Å². The largest absolute Gasteiger partial charge is 0.397 e. The van der Waals surface area contributed by atoms with Gasteiger partial charge in [-0.3, -0.25) is 8.74 Å². The quantitative estimate of drug-likeness (QED) is 0.474. The van der Waals surface area contributed by atoms with E-state index in [1.54, 1.807) is 18.5 Å². The van der Waals surface area contributed by atoms with E-state index in [1.807, 2.05) is 0 Å². The van der Waals surface area contributed by atoms with E-state index in [9.17, 15) is 8.42 Å². The summed E-state index contributed by atoms with van der Waals surface area (Å²) in [7, 11) is -3.81. The Morgan fingerprint density at radius 3 is 1.30 bits per heavy atom. The molecule has 4 nitrogen and oxygen atoms in total. The van der Waals surface area contributed by atoms with Gasteiger partial charge in [-0.15, -0.1) is 0 Å². The van der Waals surface area contributed by atoms with Crippen LogP contribution in [0.3, 0.4) is 0 Å². The van der Waals surface area contributed by atoms with Crippen LogP contribution in [0.2, 0.25) is 0 Å². The third-order valence-electron chi connectivity index (χ3n) is 3.37. The zero-order chi connectivity index (χ0) is 16.1. The van der Waals surface area contributed by atoms with Crippen LogP contribution in [0.25, 0.3) is 0 Å². The highest BCUT2D eigenvalue weighted by Gasteiger charge is 2.28. The zero-order valence-corrected chi connectivity index (χ0v) is 15.6.